The minimum absolute atomic E-state index is 0.448. The number of aryl methyl sites for hydroxylation is 2. The number of amides is 1. The molecule has 212 valence electrons. The Kier molecular flexibility index (Phi) is 9.59. The summed E-state index contributed by atoms with van der Waals surface area (Å²) < 4.78 is 23.6. The van der Waals surface area contributed by atoms with E-state index in [1.54, 1.807) is 17.2 Å². The molecule has 1 fully saturated rings. The van der Waals surface area contributed by atoms with Crippen molar-refractivity contribution in [2.75, 3.05) is 57.5 Å². The van der Waals surface area contributed by atoms with Gasteiger partial charge in [-0.25, -0.2) is 14.8 Å². The van der Waals surface area contributed by atoms with Gasteiger partial charge >= 0.3 is 6.09 Å². The van der Waals surface area contributed by atoms with E-state index in [-0.39, 0.29) is 0 Å². The largest absolute Gasteiger partial charge is 0.492 e. The number of hydrogen-bond donors (Lipinski definition) is 0. The zero-order chi connectivity index (χ0) is 27.7. The van der Waals surface area contributed by atoms with Crippen molar-refractivity contribution >= 4 is 11.9 Å². The number of benzene rings is 2. The highest BCUT2D eigenvalue weighted by Crippen LogP contribution is 2.26. The van der Waals surface area contributed by atoms with Gasteiger partial charge in [0.25, 0.3) is 0 Å². The summed E-state index contributed by atoms with van der Waals surface area (Å²) in [6, 6.07) is 13.8. The Labute approximate surface area is 236 Å². The van der Waals surface area contributed by atoms with Gasteiger partial charge in [0.15, 0.2) is 0 Å². The van der Waals surface area contributed by atoms with Crippen molar-refractivity contribution in [1.29, 1.82) is 0 Å². The number of rotatable bonds is 5. The van der Waals surface area contributed by atoms with Crippen LogP contribution in [0.5, 0.6) is 11.5 Å². The summed E-state index contributed by atoms with van der Waals surface area (Å²) in [6.07, 6.45) is 3.31. The van der Waals surface area contributed by atoms with Crippen LogP contribution in [0.4, 0.5) is 10.6 Å². The van der Waals surface area contributed by atoms with Gasteiger partial charge in [0.2, 0.25) is 0 Å². The van der Waals surface area contributed by atoms with Gasteiger partial charge in [0, 0.05) is 51.0 Å². The molecule has 5 rings (SSSR count). The van der Waals surface area contributed by atoms with Crippen molar-refractivity contribution in [2.24, 2.45) is 0 Å². The Morgan fingerprint density at radius 3 is 2.62 bits per heavy atom. The summed E-state index contributed by atoms with van der Waals surface area (Å²) in [5.41, 5.74) is 3.90. The van der Waals surface area contributed by atoms with E-state index in [1.807, 2.05) is 44.2 Å². The second kappa shape index (κ2) is 13.7. The highest BCUT2D eigenvalue weighted by atomic mass is 16.6. The number of aromatic nitrogens is 2. The Balaban J connectivity index is 1.32. The lowest BCUT2D eigenvalue weighted by molar-refractivity contribution is 0.0320. The van der Waals surface area contributed by atoms with Crippen LogP contribution in [0.25, 0.3) is 0 Å². The van der Waals surface area contributed by atoms with Crippen LogP contribution in [0.3, 0.4) is 0 Å². The lowest BCUT2D eigenvalue weighted by atomic mass is 10.1. The monoisotopic (exact) mass is 546 g/mol. The van der Waals surface area contributed by atoms with Gasteiger partial charge < -0.3 is 18.9 Å². The molecule has 3 aromatic rings. The molecule has 0 N–H and O–H groups in total. The molecule has 1 saturated heterocycles. The maximum atomic E-state index is 13.4. The fourth-order valence-electron chi connectivity index (χ4n) is 4.97. The Morgan fingerprint density at radius 1 is 0.975 bits per heavy atom. The van der Waals surface area contributed by atoms with Crippen molar-refractivity contribution in [3.63, 3.8) is 0 Å². The third-order valence-corrected chi connectivity index (χ3v) is 7.22. The van der Waals surface area contributed by atoms with E-state index in [0.717, 1.165) is 73.7 Å². The van der Waals surface area contributed by atoms with Crippen molar-refractivity contribution in [1.82, 2.24) is 14.9 Å². The number of para-hydroxylation sites is 1. The van der Waals surface area contributed by atoms with Crippen LogP contribution < -0.4 is 14.4 Å². The SMILES string of the molecule is Cc1cccc(C)c1OC(=O)N1CCCCOCc2cc(ccc2OCCN2CCOCC2)Cc2nccc1n2. The summed E-state index contributed by atoms with van der Waals surface area (Å²) in [6.45, 7) is 10.3. The van der Waals surface area contributed by atoms with Crippen molar-refractivity contribution in [2.45, 2.75) is 39.7 Å². The summed E-state index contributed by atoms with van der Waals surface area (Å²) in [4.78, 5) is 26.6. The highest BCUT2D eigenvalue weighted by Gasteiger charge is 2.22. The minimum atomic E-state index is -0.448. The van der Waals surface area contributed by atoms with Crippen LogP contribution in [0.1, 0.15) is 40.9 Å². The van der Waals surface area contributed by atoms with Crippen LogP contribution in [0.2, 0.25) is 0 Å². The fourth-order valence-corrected chi connectivity index (χ4v) is 4.97. The fraction of sp³-hybridized carbons (Fsp3) is 0.452. The number of carbonyl (C=O) groups excluding carboxylic acids is 1. The number of carbonyl (C=O) groups is 1. The van der Waals surface area contributed by atoms with Gasteiger partial charge in [0.1, 0.15) is 29.7 Å². The molecule has 2 aliphatic heterocycles. The molecule has 2 aromatic carbocycles. The smallest absolute Gasteiger partial charge is 0.420 e. The Morgan fingerprint density at radius 2 is 1.80 bits per heavy atom. The molecule has 1 aromatic heterocycles. The molecular formula is C31H38N4O5. The quantitative estimate of drug-likeness (QED) is 0.455. The first-order valence-electron chi connectivity index (χ1n) is 14.1. The third-order valence-electron chi connectivity index (χ3n) is 7.22. The number of fused-ring (bicyclic) bond motifs is 4. The maximum absolute atomic E-state index is 13.4. The number of ether oxygens (including phenoxy) is 4. The van der Waals surface area contributed by atoms with Crippen molar-refractivity contribution < 1.29 is 23.7 Å². The van der Waals surface area contributed by atoms with Gasteiger partial charge in [-0.3, -0.25) is 9.80 Å². The summed E-state index contributed by atoms with van der Waals surface area (Å²) in [5, 5.41) is 0. The third kappa shape index (κ3) is 7.35. The van der Waals surface area contributed by atoms with E-state index in [9.17, 15) is 4.79 Å². The molecule has 0 unspecified atom stereocenters. The molecule has 2 aliphatic rings. The Bertz CT molecular complexity index is 1270. The van der Waals surface area contributed by atoms with Crippen LogP contribution in [-0.2, 0) is 22.5 Å². The van der Waals surface area contributed by atoms with E-state index in [1.165, 1.54) is 0 Å². The second-order valence-corrected chi connectivity index (χ2v) is 10.3. The average Bonchev–Trinajstić information content (AvgIpc) is 2.96. The molecule has 0 spiro atoms. The Hall–Kier alpha value is -3.53. The molecule has 0 atom stereocenters. The average molecular weight is 547 g/mol. The van der Waals surface area contributed by atoms with Gasteiger partial charge in [0.05, 0.1) is 19.8 Å². The van der Waals surface area contributed by atoms with Gasteiger partial charge in [-0.1, -0.05) is 24.3 Å². The first-order chi connectivity index (χ1) is 19.6. The zero-order valence-electron chi connectivity index (χ0n) is 23.4. The van der Waals surface area contributed by atoms with Crippen molar-refractivity contribution in [3.05, 3.63) is 76.7 Å². The number of morpholine rings is 1. The first-order valence-corrected chi connectivity index (χ1v) is 14.1. The molecular weight excluding hydrogens is 508 g/mol. The normalized spacial score (nSPS) is 16.7. The summed E-state index contributed by atoms with van der Waals surface area (Å²) in [5.74, 6) is 2.60. The number of nitrogens with zero attached hydrogens (tertiary/aromatic N) is 4. The van der Waals surface area contributed by atoms with E-state index in [4.69, 9.17) is 23.9 Å². The minimum Gasteiger partial charge on any atom is -0.492 e. The molecule has 0 saturated carbocycles. The molecule has 1 amide bonds. The van der Waals surface area contributed by atoms with E-state index in [2.05, 4.69) is 16.0 Å². The standard InChI is InChI=1S/C31H38N4O5/c1-23-6-5-7-24(2)30(23)40-31(36)35-12-3-4-16-38-22-26-20-25(21-28-32-11-10-29(35)33-28)8-9-27(26)39-19-15-34-13-17-37-18-14-34/h5-11,20H,3-4,12-19,21-22H2,1-2H3. The summed E-state index contributed by atoms with van der Waals surface area (Å²) >= 11 is 0. The van der Waals surface area contributed by atoms with E-state index in [0.29, 0.717) is 50.2 Å². The topological polar surface area (TPSA) is 86.2 Å². The molecule has 40 heavy (non-hydrogen) atoms. The predicted molar refractivity (Wildman–Crippen MR) is 152 cm³/mol. The number of hydrogen-bond acceptors (Lipinski definition) is 8. The van der Waals surface area contributed by atoms with E-state index >= 15 is 0 Å². The predicted octanol–water partition coefficient (Wildman–Crippen LogP) is 4.71. The summed E-state index contributed by atoms with van der Waals surface area (Å²) in [7, 11) is 0. The lowest BCUT2D eigenvalue weighted by Gasteiger charge is -2.26. The first kappa shape index (κ1) is 28.0. The molecule has 0 radical (unpaired) electrons. The van der Waals surface area contributed by atoms with Crippen LogP contribution >= 0.6 is 0 Å². The van der Waals surface area contributed by atoms with Gasteiger partial charge in [-0.15, -0.1) is 0 Å². The molecule has 3 heterocycles. The van der Waals surface area contributed by atoms with Crippen LogP contribution in [0, 0.1) is 13.8 Å². The lowest BCUT2D eigenvalue weighted by Crippen LogP contribution is -2.38. The van der Waals surface area contributed by atoms with Crippen LogP contribution in [0.15, 0.2) is 48.7 Å². The molecule has 4 bridgehead atoms. The molecule has 9 nitrogen and oxygen atoms in total. The van der Waals surface area contributed by atoms with Gasteiger partial charge in [-0.2, -0.15) is 0 Å². The van der Waals surface area contributed by atoms with E-state index < -0.39 is 6.09 Å². The number of anilines is 1. The zero-order valence-corrected chi connectivity index (χ0v) is 23.4. The van der Waals surface area contributed by atoms with Crippen LogP contribution in [-0.4, -0.2) is 73.6 Å². The molecule has 9 heteroatoms. The highest BCUT2D eigenvalue weighted by molar-refractivity contribution is 5.88. The molecule has 0 aliphatic carbocycles. The van der Waals surface area contributed by atoms with Gasteiger partial charge in [-0.05, 0) is 61.6 Å². The second-order valence-electron chi connectivity index (χ2n) is 10.3. The van der Waals surface area contributed by atoms with Crippen molar-refractivity contribution in [3.8, 4) is 11.5 Å². The maximum Gasteiger partial charge on any atom is 0.420 e.